The number of carboxylic acid groups (broad SMARTS) is 2. The van der Waals surface area contributed by atoms with E-state index in [1.165, 1.54) is 0 Å². The number of hydrogen-bond acceptors (Lipinski definition) is 5. The number of rotatable bonds is 6. The first kappa shape index (κ1) is 19.1. The molecule has 0 saturated carbocycles. The molecule has 1 aliphatic heterocycles. The number of aliphatic carboxylic acids is 2. The van der Waals surface area contributed by atoms with Gasteiger partial charge in [-0.15, -0.1) is 0 Å². The molecular formula is C17H17NO5S2. The summed E-state index contributed by atoms with van der Waals surface area (Å²) in [6.45, 7) is 4.16. The van der Waals surface area contributed by atoms with Gasteiger partial charge in [-0.1, -0.05) is 62.1 Å². The van der Waals surface area contributed by atoms with Crippen molar-refractivity contribution in [1.29, 1.82) is 0 Å². The van der Waals surface area contributed by atoms with E-state index in [2.05, 4.69) is 13.8 Å². The van der Waals surface area contributed by atoms with Gasteiger partial charge in [0.25, 0.3) is 5.91 Å². The second-order valence-electron chi connectivity index (χ2n) is 5.82. The van der Waals surface area contributed by atoms with Gasteiger partial charge in [0.15, 0.2) is 0 Å². The third kappa shape index (κ3) is 4.46. The average Bonchev–Trinajstić information content (AvgIpc) is 2.79. The molecule has 2 N–H and O–H groups in total. The Balaban J connectivity index is 2.27. The van der Waals surface area contributed by atoms with Gasteiger partial charge in [0, 0.05) is 0 Å². The van der Waals surface area contributed by atoms with Crippen LogP contribution in [-0.2, 0) is 14.4 Å². The molecule has 1 aliphatic rings. The molecule has 1 atom stereocenters. The summed E-state index contributed by atoms with van der Waals surface area (Å²) in [6.07, 6.45) is 0.918. The van der Waals surface area contributed by atoms with Gasteiger partial charge in [0.1, 0.15) is 10.4 Å². The zero-order valence-corrected chi connectivity index (χ0v) is 15.3. The molecule has 0 aromatic heterocycles. The molecule has 0 unspecified atom stereocenters. The van der Waals surface area contributed by atoms with Crippen LogP contribution in [0, 0.1) is 0 Å². The normalized spacial score (nSPS) is 17.4. The minimum Gasteiger partial charge on any atom is -0.481 e. The van der Waals surface area contributed by atoms with E-state index < -0.39 is 30.3 Å². The summed E-state index contributed by atoms with van der Waals surface area (Å²) < 4.78 is 0.0451. The van der Waals surface area contributed by atoms with Gasteiger partial charge in [-0.05, 0) is 23.1 Å². The van der Waals surface area contributed by atoms with Crippen LogP contribution in [0.1, 0.15) is 37.3 Å². The van der Waals surface area contributed by atoms with Crippen LogP contribution in [0.5, 0.6) is 0 Å². The van der Waals surface area contributed by atoms with E-state index in [0.717, 1.165) is 27.8 Å². The van der Waals surface area contributed by atoms with Crippen molar-refractivity contribution < 1.29 is 24.6 Å². The van der Waals surface area contributed by atoms with Gasteiger partial charge in [-0.25, -0.2) is 4.79 Å². The van der Waals surface area contributed by atoms with Gasteiger partial charge in [-0.2, -0.15) is 0 Å². The Morgan fingerprint density at radius 3 is 2.32 bits per heavy atom. The maximum Gasteiger partial charge on any atom is 0.327 e. The zero-order chi connectivity index (χ0) is 18.7. The first-order chi connectivity index (χ1) is 11.7. The summed E-state index contributed by atoms with van der Waals surface area (Å²) in [7, 11) is 0. The number of hydrogen-bond donors (Lipinski definition) is 2. The highest BCUT2D eigenvalue weighted by atomic mass is 32.2. The maximum absolute atomic E-state index is 12.5. The number of benzene rings is 1. The first-order valence-corrected chi connectivity index (χ1v) is 8.74. The van der Waals surface area contributed by atoms with E-state index >= 15 is 0 Å². The Morgan fingerprint density at radius 1 is 1.24 bits per heavy atom. The third-order valence-electron chi connectivity index (χ3n) is 3.69. The number of carboxylic acids is 2. The summed E-state index contributed by atoms with van der Waals surface area (Å²) >= 11 is 6.06. The molecular weight excluding hydrogens is 362 g/mol. The highest BCUT2D eigenvalue weighted by molar-refractivity contribution is 8.26. The minimum absolute atomic E-state index is 0.0451. The van der Waals surface area contributed by atoms with Gasteiger partial charge < -0.3 is 10.2 Å². The molecule has 0 radical (unpaired) electrons. The van der Waals surface area contributed by atoms with Crippen LogP contribution in [0.2, 0.25) is 0 Å². The number of carbonyl (C=O) groups is 3. The third-order valence-corrected chi connectivity index (χ3v) is 5.02. The van der Waals surface area contributed by atoms with E-state index in [4.69, 9.17) is 17.3 Å². The van der Waals surface area contributed by atoms with Gasteiger partial charge in [0.05, 0.1) is 11.3 Å². The number of thioether (sulfide) groups is 1. The predicted molar refractivity (Wildman–Crippen MR) is 99.2 cm³/mol. The Morgan fingerprint density at radius 2 is 1.84 bits per heavy atom. The molecule has 132 valence electrons. The fourth-order valence-corrected chi connectivity index (χ4v) is 3.69. The highest BCUT2D eigenvalue weighted by Crippen LogP contribution is 2.34. The van der Waals surface area contributed by atoms with Gasteiger partial charge in [-0.3, -0.25) is 14.5 Å². The molecule has 6 nitrogen and oxygen atoms in total. The van der Waals surface area contributed by atoms with E-state index in [1.54, 1.807) is 6.08 Å². The quantitative estimate of drug-likeness (QED) is 0.579. The Hall–Kier alpha value is -2.19. The molecule has 1 amide bonds. The molecule has 1 heterocycles. The van der Waals surface area contributed by atoms with Gasteiger partial charge >= 0.3 is 11.9 Å². The number of amides is 1. The van der Waals surface area contributed by atoms with Crippen molar-refractivity contribution in [1.82, 2.24) is 4.90 Å². The maximum atomic E-state index is 12.5. The lowest BCUT2D eigenvalue weighted by Crippen LogP contribution is -2.45. The monoisotopic (exact) mass is 379 g/mol. The lowest BCUT2D eigenvalue weighted by Gasteiger charge is -2.21. The fraction of sp³-hybridized carbons (Fsp3) is 0.294. The van der Waals surface area contributed by atoms with E-state index in [0.29, 0.717) is 5.92 Å². The summed E-state index contributed by atoms with van der Waals surface area (Å²) in [5.41, 5.74) is 1.95. The number of carbonyl (C=O) groups excluding carboxylic acids is 1. The van der Waals surface area contributed by atoms with Crippen LogP contribution in [0.15, 0.2) is 29.2 Å². The Bertz CT molecular complexity index is 755. The second kappa shape index (κ2) is 7.79. The average molecular weight is 379 g/mol. The van der Waals surface area contributed by atoms with Crippen molar-refractivity contribution in [3.05, 3.63) is 40.3 Å². The Labute approximate surface area is 154 Å². The SMILES string of the molecule is CC(C)c1ccc(/C=C2/SC(=S)N([C@H](CC(=O)O)C(=O)O)C2=O)cc1. The number of thiocarbonyl (C=S) groups is 1. The largest absolute Gasteiger partial charge is 0.481 e. The van der Waals surface area contributed by atoms with Crippen molar-refractivity contribution in [3.8, 4) is 0 Å². The number of nitrogens with zero attached hydrogens (tertiary/aromatic N) is 1. The van der Waals surface area contributed by atoms with Crippen molar-refractivity contribution in [2.75, 3.05) is 0 Å². The molecule has 25 heavy (non-hydrogen) atoms. The van der Waals surface area contributed by atoms with E-state index in [9.17, 15) is 19.5 Å². The topological polar surface area (TPSA) is 94.9 Å². The van der Waals surface area contributed by atoms with E-state index in [-0.39, 0.29) is 9.23 Å². The lowest BCUT2D eigenvalue weighted by molar-refractivity contribution is -0.150. The van der Waals surface area contributed by atoms with Crippen LogP contribution in [0.3, 0.4) is 0 Å². The van der Waals surface area contributed by atoms with Crippen molar-refractivity contribution in [3.63, 3.8) is 0 Å². The Kier molecular flexibility index (Phi) is 5.97. The molecule has 2 rings (SSSR count). The van der Waals surface area contributed by atoms with Crippen molar-refractivity contribution in [2.24, 2.45) is 0 Å². The van der Waals surface area contributed by atoms with Crippen LogP contribution in [0.4, 0.5) is 0 Å². The molecule has 1 fully saturated rings. The summed E-state index contributed by atoms with van der Waals surface area (Å²) in [6, 6.07) is 6.14. The van der Waals surface area contributed by atoms with Crippen LogP contribution in [0.25, 0.3) is 6.08 Å². The van der Waals surface area contributed by atoms with Crippen molar-refractivity contribution in [2.45, 2.75) is 32.2 Å². The zero-order valence-electron chi connectivity index (χ0n) is 13.6. The molecule has 1 aromatic carbocycles. The van der Waals surface area contributed by atoms with Crippen molar-refractivity contribution >= 4 is 52.2 Å². The molecule has 8 heteroatoms. The minimum atomic E-state index is -1.51. The predicted octanol–water partition coefficient (Wildman–Crippen LogP) is 2.94. The lowest BCUT2D eigenvalue weighted by atomic mass is 10.0. The first-order valence-electron chi connectivity index (χ1n) is 7.52. The van der Waals surface area contributed by atoms with Crippen LogP contribution < -0.4 is 0 Å². The standard InChI is InChI=1S/C17H17NO5S2/c1-9(2)11-5-3-10(4-6-11)7-13-15(21)18(17(24)25-13)12(16(22)23)8-14(19)20/h3-7,9,12H,8H2,1-2H3,(H,19,20)(H,22,23)/b13-7+/t12-/m1/s1. The molecule has 1 aromatic rings. The van der Waals surface area contributed by atoms with Crippen LogP contribution in [-0.4, -0.2) is 43.3 Å². The molecule has 0 aliphatic carbocycles. The summed E-state index contributed by atoms with van der Waals surface area (Å²) in [5, 5.41) is 18.1. The molecule has 1 saturated heterocycles. The fourth-order valence-electron chi connectivity index (χ4n) is 2.33. The van der Waals surface area contributed by atoms with E-state index in [1.807, 2.05) is 24.3 Å². The summed E-state index contributed by atoms with van der Waals surface area (Å²) in [4.78, 5) is 35.9. The summed E-state index contributed by atoms with van der Waals surface area (Å²) in [5.74, 6) is -2.91. The smallest absolute Gasteiger partial charge is 0.327 e. The second-order valence-corrected chi connectivity index (χ2v) is 7.50. The molecule has 0 spiro atoms. The highest BCUT2D eigenvalue weighted by Gasteiger charge is 2.41. The van der Waals surface area contributed by atoms with Gasteiger partial charge in [0.2, 0.25) is 0 Å². The molecule has 0 bridgehead atoms. The van der Waals surface area contributed by atoms with Crippen LogP contribution >= 0.6 is 24.0 Å².